The fraction of sp³-hybridized carbons (Fsp3) is 0.259. The molecule has 14 aromatic rings. The predicted octanol–water partition coefficient (Wildman–Crippen LogP) is 24.6. The second-order valence-corrected chi connectivity index (χ2v) is 33.6. The normalized spacial score (nSPS) is 12.5. The van der Waals surface area contributed by atoms with E-state index < -0.39 is 0 Å². The molecule has 101 heavy (non-hydrogen) atoms. The highest BCUT2D eigenvalue weighted by molar-refractivity contribution is 7.22. The molecule has 0 spiro atoms. The Morgan fingerprint density at radius 1 is 0.416 bits per heavy atom. The van der Waals surface area contributed by atoms with Crippen molar-refractivity contribution in [1.82, 2.24) is 29.9 Å². The van der Waals surface area contributed by atoms with Crippen LogP contribution in [0.1, 0.15) is 111 Å². The number of fused-ring (bicyclic) bond motifs is 4. The van der Waals surface area contributed by atoms with Gasteiger partial charge in [0.15, 0.2) is 25.7 Å². The van der Waals surface area contributed by atoms with Crippen LogP contribution in [0, 0.1) is 0 Å². The quantitative estimate of drug-likeness (QED) is 0.0790. The third-order valence-corrected chi connectivity index (χ3v) is 20.8. The fourth-order valence-corrected chi connectivity index (χ4v) is 15.7. The standard InChI is InChI=1S/C17H11ClN2S.C17H17ClN2S.C17H23N3OS.C16H17N3S.C14H18N2S/c18-12-8-9-15-16(10-12)21-17(20-15)19-14-7-3-5-11-4-1-2-6-13(11)14;1-17(2,3)15-10-21-16(20-15)19-14-9-8-13(18)11-6-4-5-7-12(11)14;1-17(2,3)15-12-22-16(19-15)18-13-6-4-5-7-14(13)20-8-10-21-11-9-20;1-16(2,3)14-10-20-15(19-14)18-13-8-4-7-12-11(13)6-5-9-17-12;1-14(2,3)12-10-17-13(16-12)15-9-11-7-5-4-6-8-11/h1-10H,(H,19,20);4-10H,1-3H3,(H,19,20);4-7,12H,8-11H2,1-3H3,(H,18,19);4-10H,1-3H3,(H,18,19);4-8,10H,9H2,1-3H3,(H,15,16). The van der Waals surface area contributed by atoms with Crippen LogP contribution in [0.4, 0.5) is 54.1 Å². The van der Waals surface area contributed by atoms with Gasteiger partial charge in [-0.05, 0) is 83.7 Å². The number of morpholine rings is 1. The van der Waals surface area contributed by atoms with Crippen molar-refractivity contribution in [2.45, 2.75) is 111 Å². The first kappa shape index (κ1) is 73.7. The van der Waals surface area contributed by atoms with Crippen LogP contribution in [0.3, 0.4) is 0 Å². The average Bonchev–Trinajstić information content (AvgIpc) is 1.58. The predicted molar refractivity (Wildman–Crippen MR) is 439 cm³/mol. The summed E-state index contributed by atoms with van der Waals surface area (Å²) in [5, 5.41) is 37.4. The van der Waals surface area contributed by atoms with E-state index in [4.69, 9.17) is 32.9 Å². The van der Waals surface area contributed by atoms with E-state index in [1.54, 1.807) is 56.7 Å². The number of hydrogen-bond donors (Lipinski definition) is 5. The molecule has 1 aliphatic rings. The van der Waals surface area contributed by atoms with Gasteiger partial charge in [0.1, 0.15) is 0 Å². The van der Waals surface area contributed by atoms with Crippen molar-refractivity contribution in [2.75, 3.05) is 57.8 Å². The first-order valence-electron chi connectivity index (χ1n) is 33.5. The van der Waals surface area contributed by atoms with E-state index in [1.807, 2.05) is 91.1 Å². The number of thiazole rings is 5. The number of aromatic nitrogens is 6. The lowest BCUT2D eigenvalue weighted by molar-refractivity contribution is 0.123. The molecular formula is C81H86Cl2N12OS5. The summed E-state index contributed by atoms with van der Waals surface area (Å²) in [7, 11) is 0. The van der Waals surface area contributed by atoms with Gasteiger partial charge in [-0.25, -0.2) is 24.9 Å². The zero-order chi connectivity index (χ0) is 71.3. The van der Waals surface area contributed by atoms with E-state index in [9.17, 15) is 0 Å². The Hall–Kier alpha value is -8.56. The van der Waals surface area contributed by atoms with E-state index in [1.165, 1.54) is 22.0 Å². The minimum Gasteiger partial charge on any atom is -0.378 e. The Morgan fingerprint density at radius 3 is 1.50 bits per heavy atom. The van der Waals surface area contributed by atoms with Crippen molar-refractivity contribution in [2.24, 2.45) is 0 Å². The first-order chi connectivity index (χ1) is 48.4. The van der Waals surface area contributed by atoms with Gasteiger partial charge in [-0.2, -0.15) is 0 Å². The zero-order valence-electron chi connectivity index (χ0n) is 59.1. The molecular weight excluding hydrogens is 1390 g/mol. The minimum absolute atomic E-state index is 0.0680. The summed E-state index contributed by atoms with van der Waals surface area (Å²) in [5.74, 6) is 0. The molecule has 0 radical (unpaired) electrons. The van der Waals surface area contributed by atoms with Crippen LogP contribution in [0.25, 0.3) is 42.7 Å². The van der Waals surface area contributed by atoms with Crippen LogP contribution < -0.4 is 31.5 Å². The molecule has 1 fully saturated rings. The third-order valence-electron chi connectivity index (χ3n) is 16.3. The van der Waals surface area contributed by atoms with Crippen LogP contribution in [0.15, 0.2) is 210 Å². The van der Waals surface area contributed by atoms with Crippen LogP contribution in [-0.2, 0) is 32.9 Å². The summed E-state index contributed by atoms with van der Waals surface area (Å²) >= 11 is 20.5. The molecule has 1 aliphatic heterocycles. The van der Waals surface area contributed by atoms with Crippen LogP contribution in [0.5, 0.6) is 0 Å². The number of hydrogen-bond acceptors (Lipinski definition) is 18. The molecule has 6 aromatic heterocycles. The molecule has 520 valence electrons. The Kier molecular flexibility index (Phi) is 24.1. The van der Waals surface area contributed by atoms with Crippen molar-refractivity contribution in [1.29, 1.82) is 0 Å². The lowest BCUT2D eigenvalue weighted by Crippen LogP contribution is -2.36. The van der Waals surface area contributed by atoms with E-state index in [2.05, 4.69) is 258 Å². The maximum Gasteiger partial charge on any atom is 0.188 e. The lowest BCUT2D eigenvalue weighted by atomic mass is 9.93. The highest BCUT2D eigenvalue weighted by Crippen LogP contribution is 2.38. The minimum atomic E-state index is 0.0680. The summed E-state index contributed by atoms with van der Waals surface area (Å²) in [5.41, 5.74) is 13.6. The number of ether oxygens (including phenoxy) is 1. The van der Waals surface area contributed by atoms with E-state index in [0.29, 0.717) is 0 Å². The Labute approximate surface area is 623 Å². The van der Waals surface area contributed by atoms with Gasteiger partial charge in [-0.15, -0.1) is 45.3 Å². The second kappa shape index (κ2) is 33.0. The largest absolute Gasteiger partial charge is 0.378 e. The fourth-order valence-electron chi connectivity index (χ4n) is 10.5. The molecule has 5 N–H and O–H groups in total. The molecule has 0 atom stereocenters. The third kappa shape index (κ3) is 20.2. The molecule has 0 aliphatic carbocycles. The SMILES string of the molecule is CC(C)(C)c1csc(NCc2ccccc2)n1.CC(C)(C)c1csc(Nc2ccc(Cl)c3ccccc23)n1.CC(C)(C)c1csc(Nc2cccc3ncccc23)n1.CC(C)(C)c1csc(Nc2ccccc2N2CCOCC2)n1.Clc1ccc2nc(Nc3cccc4ccccc34)sc2c1. The number of para-hydroxylation sites is 2. The highest BCUT2D eigenvalue weighted by atomic mass is 35.5. The summed E-state index contributed by atoms with van der Waals surface area (Å²) in [6, 6.07) is 61.3. The monoisotopic (exact) mass is 1470 g/mol. The summed E-state index contributed by atoms with van der Waals surface area (Å²) in [4.78, 5) is 30.0. The van der Waals surface area contributed by atoms with Crippen molar-refractivity contribution < 1.29 is 4.74 Å². The van der Waals surface area contributed by atoms with E-state index >= 15 is 0 Å². The Morgan fingerprint density at radius 2 is 0.891 bits per heavy atom. The molecule has 0 bridgehead atoms. The molecule has 13 nitrogen and oxygen atoms in total. The maximum absolute atomic E-state index is 6.26. The van der Waals surface area contributed by atoms with Gasteiger partial charge in [0.25, 0.3) is 0 Å². The van der Waals surface area contributed by atoms with Crippen molar-refractivity contribution in [3.8, 4) is 0 Å². The molecule has 1 saturated heterocycles. The van der Waals surface area contributed by atoms with Crippen LogP contribution >= 0.6 is 79.9 Å². The van der Waals surface area contributed by atoms with Gasteiger partial charge in [0, 0.05) is 118 Å². The van der Waals surface area contributed by atoms with Crippen molar-refractivity contribution in [3.63, 3.8) is 0 Å². The number of halogens is 2. The molecule has 20 heteroatoms. The van der Waals surface area contributed by atoms with Crippen LogP contribution in [0.2, 0.25) is 10.0 Å². The Balaban J connectivity index is 0.000000127. The smallest absolute Gasteiger partial charge is 0.188 e. The number of nitrogens with one attached hydrogen (secondary N) is 5. The van der Waals surface area contributed by atoms with Gasteiger partial charge in [-0.1, -0.05) is 227 Å². The van der Waals surface area contributed by atoms with Gasteiger partial charge in [-0.3, -0.25) is 4.98 Å². The van der Waals surface area contributed by atoms with Gasteiger partial charge >= 0.3 is 0 Å². The van der Waals surface area contributed by atoms with Gasteiger partial charge in [0.2, 0.25) is 0 Å². The van der Waals surface area contributed by atoms with E-state index in [-0.39, 0.29) is 21.7 Å². The topological polar surface area (TPSA) is 150 Å². The highest BCUT2D eigenvalue weighted by Gasteiger charge is 2.22. The molecule has 8 aromatic carbocycles. The summed E-state index contributed by atoms with van der Waals surface area (Å²) in [6.45, 7) is 30.4. The molecule has 7 heterocycles. The maximum atomic E-state index is 6.26. The van der Waals surface area contributed by atoms with Gasteiger partial charge < -0.3 is 36.2 Å². The van der Waals surface area contributed by atoms with Gasteiger partial charge in [0.05, 0.1) is 63.1 Å². The molecule has 0 amide bonds. The number of rotatable bonds is 12. The first-order valence-corrected chi connectivity index (χ1v) is 38.6. The number of pyridine rings is 1. The molecule has 0 saturated carbocycles. The van der Waals surface area contributed by atoms with E-state index in [0.717, 1.165) is 146 Å². The lowest BCUT2D eigenvalue weighted by Gasteiger charge is -2.30. The number of anilines is 10. The molecule has 15 rings (SSSR count). The summed E-state index contributed by atoms with van der Waals surface area (Å²) < 4.78 is 6.54. The second-order valence-electron chi connectivity index (χ2n) is 28.3. The number of benzene rings is 8. The van der Waals surface area contributed by atoms with Crippen molar-refractivity contribution in [3.05, 3.63) is 248 Å². The summed E-state index contributed by atoms with van der Waals surface area (Å²) in [6.07, 6.45) is 1.81. The Bertz CT molecular complexity index is 5000. The van der Waals surface area contributed by atoms with Crippen molar-refractivity contribution >= 4 is 177 Å². The van der Waals surface area contributed by atoms with Crippen LogP contribution in [-0.4, -0.2) is 56.2 Å². The molecule has 0 unspecified atom stereocenters. The zero-order valence-corrected chi connectivity index (χ0v) is 64.7. The number of nitrogens with zero attached hydrogens (tertiary/aromatic N) is 7. The average molecular weight is 1470 g/mol.